The van der Waals surface area contributed by atoms with Crippen LogP contribution in [0.5, 0.6) is 5.75 Å². The highest BCUT2D eigenvalue weighted by atomic mass is 35.5. The van der Waals surface area contributed by atoms with Crippen LogP contribution in [0.3, 0.4) is 0 Å². The summed E-state index contributed by atoms with van der Waals surface area (Å²) in [5.41, 5.74) is 11.8. The average Bonchev–Trinajstić information content (AvgIpc) is 2.22. The second kappa shape index (κ2) is 5.47. The Balaban J connectivity index is 0.00000200. The number of hydrogen-bond donors (Lipinski definition) is 3. The molecule has 0 saturated carbocycles. The largest absolute Gasteiger partial charge is 0.491 e. The van der Waals surface area contributed by atoms with E-state index < -0.39 is 15.7 Å². The molecule has 0 unspecified atom stereocenters. The Bertz CT molecular complexity index is 638. The molecule has 7 nitrogen and oxygen atoms in total. The number of hydrogen-bond acceptors (Lipinski definition) is 5. The predicted octanol–water partition coefficient (Wildman–Crippen LogP) is 0.600. The summed E-state index contributed by atoms with van der Waals surface area (Å²) in [7, 11) is -3.77. The van der Waals surface area contributed by atoms with Gasteiger partial charge < -0.3 is 16.2 Å². The number of halogens is 1. The molecule has 2 rings (SSSR count). The number of nitrogens with zero attached hydrogens (tertiary/aromatic N) is 1. The van der Waals surface area contributed by atoms with E-state index in [4.69, 9.17) is 16.2 Å². The molecule has 0 bridgehead atoms. The number of amidine groups is 1. The van der Waals surface area contributed by atoms with Gasteiger partial charge in [-0.15, -0.1) is 16.8 Å². The second-order valence-corrected chi connectivity index (χ2v) is 6.35. The zero-order valence-electron chi connectivity index (χ0n) is 11.1. The van der Waals surface area contributed by atoms with Gasteiger partial charge in [-0.2, -0.15) is 8.42 Å². The van der Waals surface area contributed by atoms with E-state index in [1.807, 2.05) is 13.8 Å². The van der Waals surface area contributed by atoms with E-state index in [0.29, 0.717) is 17.0 Å². The molecular formula is C11H17ClN4O3S. The van der Waals surface area contributed by atoms with Crippen LogP contribution in [0.1, 0.15) is 19.4 Å². The normalized spacial score (nSPS) is 16.2. The van der Waals surface area contributed by atoms with Gasteiger partial charge in [0.1, 0.15) is 12.4 Å². The van der Waals surface area contributed by atoms with Crippen molar-refractivity contribution in [1.82, 2.24) is 0 Å². The van der Waals surface area contributed by atoms with Crippen molar-refractivity contribution in [3.8, 4) is 5.75 Å². The average molecular weight is 321 g/mol. The number of ether oxygens (including phenoxy) is 1. The molecule has 9 heteroatoms. The van der Waals surface area contributed by atoms with Crippen molar-refractivity contribution in [2.75, 3.05) is 11.3 Å². The highest BCUT2D eigenvalue weighted by Crippen LogP contribution is 2.30. The molecule has 0 amide bonds. The van der Waals surface area contributed by atoms with Crippen LogP contribution in [0.15, 0.2) is 22.6 Å². The fourth-order valence-electron chi connectivity index (χ4n) is 1.60. The molecule has 0 fully saturated rings. The number of rotatable bonds is 3. The third-order valence-corrected chi connectivity index (χ3v) is 3.25. The number of anilines is 1. The van der Waals surface area contributed by atoms with E-state index in [1.165, 1.54) is 0 Å². The summed E-state index contributed by atoms with van der Waals surface area (Å²) in [6.07, 6.45) is 0. The lowest BCUT2D eigenvalue weighted by atomic mass is 10.1. The number of nitrogens with two attached hydrogens (primary N) is 2. The van der Waals surface area contributed by atoms with Crippen molar-refractivity contribution in [3.05, 3.63) is 23.8 Å². The topological polar surface area (TPSA) is 120 Å². The zero-order valence-corrected chi connectivity index (χ0v) is 12.7. The molecule has 112 valence electrons. The van der Waals surface area contributed by atoms with E-state index in [-0.39, 0.29) is 24.8 Å². The van der Waals surface area contributed by atoms with E-state index in [0.717, 1.165) is 0 Å². The molecule has 20 heavy (non-hydrogen) atoms. The lowest BCUT2D eigenvalue weighted by Gasteiger charge is -2.23. The van der Waals surface area contributed by atoms with Gasteiger partial charge in [0.25, 0.3) is 0 Å². The summed E-state index contributed by atoms with van der Waals surface area (Å²) in [5, 5.41) is 0. The Morgan fingerprint density at radius 1 is 1.40 bits per heavy atom. The first-order valence-corrected chi connectivity index (χ1v) is 7.05. The lowest BCUT2D eigenvalue weighted by Crippen LogP contribution is -2.39. The van der Waals surface area contributed by atoms with Crippen LogP contribution in [0.25, 0.3) is 0 Å². The number of nitrogens with one attached hydrogen (secondary N) is 1. The Morgan fingerprint density at radius 3 is 2.65 bits per heavy atom. The quantitative estimate of drug-likeness (QED) is 0.753. The van der Waals surface area contributed by atoms with Gasteiger partial charge in [-0.05, 0) is 26.0 Å². The van der Waals surface area contributed by atoms with Crippen LogP contribution in [0, 0.1) is 0 Å². The maximum Gasteiger partial charge on any atom is 0.344 e. The van der Waals surface area contributed by atoms with Gasteiger partial charge in [0.2, 0.25) is 0 Å². The van der Waals surface area contributed by atoms with Crippen LogP contribution >= 0.6 is 12.4 Å². The van der Waals surface area contributed by atoms with Crippen molar-refractivity contribution >= 4 is 34.1 Å². The summed E-state index contributed by atoms with van der Waals surface area (Å²) >= 11 is 0. The van der Waals surface area contributed by atoms with Crippen LogP contribution in [-0.4, -0.2) is 26.4 Å². The molecular weight excluding hydrogens is 304 g/mol. The SMILES string of the molecule is CC(C)(N)COc1cccc2c1C(N)=NS(=O)(=O)N2.Cl. The number of benzene rings is 1. The summed E-state index contributed by atoms with van der Waals surface area (Å²) in [6, 6.07) is 4.94. The molecule has 0 saturated heterocycles. The van der Waals surface area contributed by atoms with E-state index in [1.54, 1.807) is 18.2 Å². The standard InChI is InChI=1S/C11H16N4O3S.ClH/c1-11(2,13)6-18-8-5-3-4-7-9(8)10(12)15-19(16,17)14-7;/h3-5,14H,6,13H2,1-2H3,(H2,12,15);1H. The third kappa shape index (κ3) is 3.75. The first-order valence-electron chi connectivity index (χ1n) is 5.61. The second-order valence-electron chi connectivity index (χ2n) is 5.01. The monoisotopic (exact) mass is 320 g/mol. The minimum absolute atomic E-state index is 0. The lowest BCUT2D eigenvalue weighted by molar-refractivity contribution is 0.243. The molecule has 1 aromatic rings. The van der Waals surface area contributed by atoms with Gasteiger partial charge in [-0.25, -0.2) is 0 Å². The van der Waals surface area contributed by atoms with Gasteiger partial charge in [0, 0.05) is 5.54 Å². The Labute approximate surface area is 124 Å². The summed E-state index contributed by atoms with van der Waals surface area (Å²) < 4.78 is 34.1. The minimum Gasteiger partial charge on any atom is -0.491 e. The molecule has 0 spiro atoms. The molecule has 1 aliphatic heterocycles. The van der Waals surface area contributed by atoms with Crippen molar-refractivity contribution in [2.24, 2.45) is 15.9 Å². The maximum atomic E-state index is 11.4. The summed E-state index contributed by atoms with van der Waals surface area (Å²) in [5.74, 6) is 0.346. The van der Waals surface area contributed by atoms with Gasteiger partial charge in [-0.1, -0.05) is 6.07 Å². The van der Waals surface area contributed by atoms with Gasteiger partial charge in [0.05, 0.1) is 11.3 Å². The number of fused-ring (bicyclic) bond motifs is 1. The zero-order chi connectivity index (χ0) is 14.3. The molecule has 0 aromatic heterocycles. The van der Waals surface area contributed by atoms with Crippen LogP contribution < -0.4 is 20.9 Å². The Kier molecular flexibility index (Phi) is 4.52. The highest BCUT2D eigenvalue weighted by molar-refractivity contribution is 7.91. The molecule has 0 radical (unpaired) electrons. The van der Waals surface area contributed by atoms with E-state index >= 15 is 0 Å². The maximum absolute atomic E-state index is 11.4. The van der Waals surface area contributed by atoms with E-state index in [9.17, 15) is 8.42 Å². The molecule has 1 aliphatic rings. The predicted molar refractivity (Wildman–Crippen MR) is 80.7 cm³/mol. The highest BCUT2D eigenvalue weighted by Gasteiger charge is 2.25. The molecule has 0 atom stereocenters. The first-order chi connectivity index (χ1) is 8.68. The van der Waals surface area contributed by atoms with Crippen LogP contribution in [-0.2, 0) is 10.2 Å². The molecule has 0 aliphatic carbocycles. The first kappa shape index (κ1) is 16.5. The Hall–Kier alpha value is -1.51. The molecule has 5 N–H and O–H groups in total. The fraction of sp³-hybridized carbons (Fsp3) is 0.364. The molecule has 1 heterocycles. The third-order valence-electron chi connectivity index (χ3n) is 2.34. The van der Waals surface area contributed by atoms with E-state index in [2.05, 4.69) is 9.12 Å². The smallest absolute Gasteiger partial charge is 0.344 e. The Morgan fingerprint density at radius 2 is 2.05 bits per heavy atom. The van der Waals surface area contributed by atoms with Gasteiger partial charge >= 0.3 is 10.2 Å². The molecule has 1 aromatic carbocycles. The summed E-state index contributed by atoms with van der Waals surface area (Å²) in [6.45, 7) is 3.91. The minimum atomic E-state index is -3.77. The van der Waals surface area contributed by atoms with Crippen LogP contribution in [0.4, 0.5) is 5.69 Å². The van der Waals surface area contributed by atoms with Crippen molar-refractivity contribution in [3.63, 3.8) is 0 Å². The fourth-order valence-corrected chi connectivity index (χ4v) is 2.45. The summed E-state index contributed by atoms with van der Waals surface area (Å²) in [4.78, 5) is 0. The van der Waals surface area contributed by atoms with Crippen molar-refractivity contribution in [1.29, 1.82) is 0 Å². The van der Waals surface area contributed by atoms with Gasteiger partial charge in [0.15, 0.2) is 5.84 Å². The van der Waals surface area contributed by atoms with Gasteiger partial charge in [-0.3, -0.25) is 4.72 Å². The van der Waals surface area contributed by atoms with Crippen molar-refractivity contribution < 1.29 is 13.2 Å². The van der Waals surface area contributed by atoms with Crippen molar-refractivity contribution in [2.45, 2.75) is 19.4 Å². The van der Waals surface area contributed by atoms with Crippen LogP contribution in [0.2, 0.25) is 0 Å².